The van der Waals surface area contributed by atoms with E-state index in [2.05, 4.69) is 29.1 Å². The number of carbonyl (C=O) groups excluding carboxylic acids is 1. The Balaban J connectivity index is 1.94. The molecule has 5 heteroatoms. The number of pyridine rings is 1. The first-order valence-electron chi connectivity index (χ1n) is 7.31. The van der Waals surface area contributed by atoms with Crippen LogP contribution in [-0.2, 0) is 0 Å². The van der Waals surface area contributed by atoms with Gasteiger partial charge in [0.1, 0.15) is 12.1 Å². The molecular weight excluding hydrogens is 264 g/mol. The van der Waals surface area contributed by atoms with Crippen molar-refractivity contribution in [3.05, 3.63) is 42.6 Å². The summed E-state index contributed by atoms with van der Waals surface area (Å²) >= 11 is 0. The lowest BCUT2D eigenvalue weighted by Gasteiger charge is -2.15. The number of imidazole rings is 1. The molecule has 112 valence electrons. The number of aromatic nitrogens is 3. The molecule has 0 aliphatic heterocycles. The smallest absolute Gasteiger partial charge is 0.253 e. The largest absolute Gasteiger partial charge is 0.350 e. The normalized spacial score (nSPS) is 12.4. The van der Waals surface area contributed by atoms with Gasteiger partial charge in [0.15, 0.2) is 0 Å². The van der Waals surface area contributed by atoms with E-state index >= 15 is 0 Å². The molecule has 1 atom stereocenters. The van der Waals surface area contributed by atoms with Gasteiger partial charge in [0.25, 0.3) is 5.91 Å². The van der Waals surface area contributed by atoms with Crippen molar-refractivity contribution in [2.75, 3.05) is 0 Å². The van der Waals surface area contributed by atoms with Gasteiger partial charge in [0, 0.05) is 24.6 Å². The summed E-state index contributed by atoms with van der Waals surface area (Å²) in [5.74, 6) is 1.33. The topological polar surface area (TPSA) is 59.8 Å². The van der Waals surface area contributed by atoms with Gasteiger partial charge in [-0.15, -0.1) is 0 Å². The van der Waals surface area contributed by atoms with Gasteiger partial charge < -0.3 is 5.32 Å². The van der Waals surface area contributed by atoms with E-state index < -0.39 is 0 Å². The van der Waals surface area contributed by atoms with Gasteiger partial charge in [-0.2, -0.15) is 0 Å². The highest BCUT2D eigenvalue weighted by molar-refractivity contribution is 5.94. The van der Waals surface area contributed by atoms with Crippen LogP contribution in [0.4, 0.5) is 0 Å². The zero-order valence-electron chi connectivity index (χ0n) is 12.8. The fourth-order valence-electron chi connectivity index (χ4n) is 2.03. The molecule has 0 fully saturated rings. The second-order valence-electron chi connectivity index (χ2n) is 5.72. The minimum Gasteiger partial charge on any atom is -0.350 e. The van der Waals surface area contributed by atoms with Crippen LogP contribution < -0.4 is 5.32 Å². The molecule has 0 saturated heterocycles. The Labute approximate surface area is 125 Å². The molecular formula is C16H22N4O. The fraction of sp³-hybridized carbons (Fsp3) is 0.438. The zero-order chi connectivity index (χ0) is 15.2. The van der Waals surface area contributed by atoms with E-state index in [1.54, 1.807) is 29.4 Å². The Morgan fingerprint density at radius 1 is 1.29 bits per heavy atom. The molecule has 5 nitrogen and oxygen atoms in total. The van der Waals surface area contributed by atoms with Crippen molar-refractivity contribution >= 4 is 5.91 Å². The third-order valence-electron chi connectivity index (χ3n) is 3.33. The molecule has 0 saturated carbocycles. The van der Waals surface area contributed by atoms with Gasteiger partial charge in [-0.3, -0.25) is 9.36 Å². The first-order chi connectivity index (χ1) is 10.1. The second-order valence-corrected chi connectivity index (χ2v) is 5.72. The van der Waals surface area contributed by atoms with Crippen LogP contribution in [0, 0.1) is 5.92 Å². The minimum absolute atomic E-state index is 0.0732. The van der Waals surface area contributed by atoms with Crippen LogP contribution in [0.1, 0.15) is 44.0 Å². The number of rotatable bonds is 6. The van der Waals surface area contributed by atoms with Gasteiger partial charge in [-0.25, -0.2) is 9.97 Å². The summed E-state index contributed by atoms with van der Waals surface area (Å²) in [5.41, 5.74) is 0.579. The summed E-state index contributed by atoms with van der Waals surface area (Å²) in [4.78, 5) is 20.4. The summed E-state index contributed by atoms with van der Waals surface area (Å²) < 4.78 is 1.80. The average molecular weight is 286 g/mol. The van der Waals surface area contributed by atoms with Gasteiger partial charge in [-0.05, 0) is 37.8 Å². The SMILES string of the molecule is CC(C)CCC(C)NC(=O)c1ccc(-n2ccnc2)nc1. The van der Waals surface area contributed by atoms with Crippen molar-refractivity contribution in [2.24, 2.45) is 5.92 Å². The Morgan fingerprint density at radius 2 is 2.10 bits per heavy atom. The van der Waals surface area contributed by atoms with Crippen molar-refractivity contribution in [3.63, 3.8) is 0 Å². The standard InChI is InChI=1S/C16H22N4O/c1-12(2)4-5-13(3)19-16(21)14-6-7-15(18-10-14)20-9-8-17-11-20/h6-13H,4-5H2,1-3H3,(H,19,21). The number of amides is 1. The van der Waals surface area contributed by atoms with Crippen molar-refractivity contribution in [3.8, 4) is 5.82 Å². The highest BCUT2D eigenvalue weighted by Gasteiger charge is 2.11. The van der Waals surface area contributed by atoms with Crippen LogP contribution in [-0.4, -0.2) is 26.5 Å². The van der Waals surface area contributed by atoms with Crippen LogP contribution in [0.3, 0.4) is 0 Å². The summed E-state index contributed by atoms with van der Waals surface area (Å²) in [6.07, 6.45) is 8.88. The lowest BCUT2D eigenvalue weighted by atomic mass is 10.0. The molecule has 2 aromatic rings. The molecule has 0 aromatic carbocycles. The van der Waals surface area contributed by atoms with Crippen LogP contribution in [0.25, 0.3) is 5.82 Å². The maximum Gasteiger partial charge on any atom is 0.253 e. The Kier molecular flexibility index (Phi) is 5.09. The first-order valence-corrected chi connectivity index (χ1v) is 7.31. The molecule has 2 aromatic heterocycles. The first kappa shape index (κ1) is 15.2. The van der Waals surface area contributed by atoms with Crippen LogP contribution >= 0.6 is 0 Å². The van der Waals surface area contributed by atoms with Crippen molar-refractivity contribution in [2.45, 2.75) is 39.7 Å². The average Bonchev–Trinajstić information content (AvgIpc) is 2.99. The van der Waals surface area contributed by atoms with Crippen LogP contribution in [0.5, 0.6) is 0 Å². The van der Waals surface area contributed by atoms with Gasteiger partial charge in [0.05, 0.1) is 5.56 Å². The molecule has 21 heavy (non-hydrogen) atoms. The minimum atomic E-state index is -0.0732. The van der Waals surface area contributed by atoms with Crippen molar-refractivity contribution < 1.29 is 4.79 Å². The monoisotopic (exact) mass is 286 g/mol. The van der Waals surface area contributed by atoms with Gasteiger partial charge >= 0.3 is 0 Å². The summed E-state index contributed by atoms with van der Waals surface area (Å²) in [6.45, 7) is 6.41. The maximum atomic E-state index is 12.1. The van der Waals surface area contributed by atoms with E-state index in [1.807, 2.05) is 19.2 Å². The van der Waals surface area contributed by atoms with Crippen molar-refractivity contribution in [1.29, 1.82) is 0 Å². The predicted molar refractivity (Wildman–Crippen MR) is 82.4 cm³/mol. The molecule has 0 aliphatic rings. The van der Waals surface area contributed by atoms with E-state index in [1.165, 1.54) is 0 Å². The van der Waals surface area contributed by atoms with E-state index in [4.69, 9.17) is 0 Å². The molecule has 1 N–H and O–H groups in total. The molecule has 2 heterocycles. The van der Waals surface area contributed by atoms with Crippen molar-refractivity contribution in [1.82, 2.24) is 19.9 Å². The Hall–Kier alpha value is -2.17. The van der Waals surface area contributed by atoms with Gasteiger partial charge in [-0.1, -0.05) is 13.8 Å². The van der Waals surface area contributed by atoms with E-state index in [9.17, 15) is 4.79 Å². The van der Waals surface area contributed by atoms with Gasteiger partial charge in [0.2, 0.25) is 0 Å². The highest BCUT2D eigenvalue weighted by atomic mass is 16.1. The quantitative estimate of drug-likeness (QED) is 0.888. The lowest BCUT2D eigenvalue weighted by molar-refractivity contribution is 0.0937. The molecule has 1 amide bonds. The van der Waals surface area contributed by atoms with E-state index in [0.29, 0.717) is 11.5 Å². The number of carbonyl (C=O) groups is 1. The number of nitrogens with one attached hydrogen (secondary N) is 1. The maximum absolute atomic E-state index is 12.1. The highest BCUT2D eigenvalue weighted by Crippen LogP contribution is 2.08. The number of nitrogens with zero attached hydrogens (tertiary/aromatic N) is 3. The third-order valence-corrected chi connectivity index (χ3v) is 3.33. The number of hydrogen-bond acceptors (Lipinski definition) is 3. The fourth-order valence-corrected chi connectivity index (χ4v) is 2.03. The molecule has 0 spiro atoms. The third kappa shape index (κ3) is 4.41. The summed E-state index contributed by atoms with van der Waals surface area (Å²) in [6, 6.07) is 3.77. The number of hydrogen-bond donors (Lipinski definition) is 1. The Morgan fingerprint density at radius 3 is 2.67 bits per heavy atom. The summed E-state index contributed by atoms with van der Waals surface area (Å²) in [5, 5.41) is 3.01. The molecule has 0 radical (unpaired) electrons. The molecule has 0 bridgehead atoms. The summed E-state index contributed by atoms with van der Waals surface area (Å²) in [7, 11) is 0. The second kappa shape index (κ2) is 7.02. The lowest BCUT2D eigenvalue weighted by Crippen LogP contribution is -2.32. The van der Waals surface area contributed by atoms with Crippen LogP contribution in [0.2, 0.25) is 0 Å². The van der Waals surface area contributed by atoms with Crippen LogP contribution in [0.15, 0.2) is 37.1 Å². The van der Waals surface area contributed by atoms with E-state index in [-0.39, 0.29) is 11.9 Å². The molecule has 0 aliphatic carbocycles. The predicted octanol–water partition coefficient (Wildman–Crippen LogP) is 2.82. The molecule has 2 rings (SSSR count). The Bertz CT molecular complexity index is 560. The zero-order valence-corrected chi connectivity index (χ0v) is 12.8. The molecule has 1 unspecified atom stereocenters. The van der Waals surface area contributed by atoms with E-state index in [0.717, 1.165) is 18.7 Å².